The molecule has 3 aromatic carbocycles. The summed E-state index contributed by atoms with van der Waals surface area (Å²) in [6, 6.07) is 19.7. The summed E-state index contributed by atoms with van der Waals surface area (Å²) in [7, 11) is 4.60. The van der Waals surface area contributed by atoms with Gasteiger partial charge in [0.2, 0.25) is 17.7 Å². The van der Waals surface area contributed by atoms with E-state index in [9.17, 15) is 39.0 Å². The Hall–Kier alpha value is -7.44. The van der Waals surface area contributed by atoms with E-state index in [0.717, 1.165) is 5.56 Å². The number of nitrogens with one attached hydrogen (secondary N) is 3. The van der Waals surface area contributed by atoms with Crippen molar-refractivity contribution in [2.24, 2.45) is 0 Å². The molecule has 0 saturated carbocycles. The third-order valence-electron chi connectivity index (χ3n) is 10.2. The number of unbranched alkanes of at least 4 members (excludes halogenated alkanes) is 4. The van der Waals surface area contributed by atoms with Crippen LogP contribution in [0, 0.1) is 0 Å². The molecule has 0 fully saturated rings. The molecule has 4 aromatic rings. The Morgan fingerprint density at radius 1 is 0.507 bits per heavy atom. The largest absolute Gasteiger partial charge is 0.497 e. The molecule has 2 atom stereocenters. The van der Waals surface area contributed by atoms with Crippen LogP contribution in [0.25, 0.3) is 0 Å². The second-order valence-corrected chi connectivity index (χ2v) is 15.2. The minimum Gasteiger partial charge on any atom is -0.497 e. The van der Waals surface area contributed by atoms with Crippen LogP contribution in [0.15, 0.2) is 84.9 Å². The smallest absolute Gasteiger partial charge is 0.333 e. The van der Waals surface area contributed by atoms with Crippen LogP contribution in [0.2, 0.25) is 0 Å². The van der Waals surface area contributed by atoms with Gasteiger partial charge in [0.05, 0.1) is 21.3 Å². The lowest BCUT2D eigenvalue weighted by atomic mass is 10.1. The predicted molar refractivity (Wildman–Crippen MR) is 241 cm³/mol. The van der Waals surface area contributed by atoms with Gasteiger partial charge < -0.3 is 59.4 Å². The molecule has 0 aliphatic rings. The van der Waals surface area contributed by atoms with Gasteiger partial charge >= 0.3 is 29.9 Å². The van der Waals surface area contributed by atoms with E-state index >= 15 is 0 Å². The van der Waals surface area contributed by atoms with E-state index in [0.29, 0.717) is 78.2 Å². The van der Waals surface area contributed by atoms with Gasteiger partial charge in [-0.1, -0.05) is 49.2 Å². The van der Waals surface area contributed by atoms with E-state index in [1.807, 2.05) is 0 Å². The molecular formula is C48H60N4O15. The van der Waals surface area contributed by atoms with Crippen molar-refractivity contribution in [3.05, 3.63) is 102 Å². The number of rotatable bonds is 29. The van der Waals surface area contributed by atoms with E-state index in [-0.39, 0.29) is 57.8 Å². The zero-order valence-corrected chi connectivity index (χ0v) is 38.0. The number of aromatic nitrogens is 1. The Bertz CT molecular complexity index is 2160. The van der Waals surface area contributed by atoms with Crippen molar-refractivity contribution in [3.63, 3.8) is 0 Å². The van der Waals surface area contributed by atoms with Crippen LogP contribution < -0.4 is 35.0 Å². The number of methoxy groups -OCH3 is 3. The highest BCUT2D eigenvalue weighted by molar-refractivity contribution is 5.87. The van der Waals surface area contributed by atoms with Crippen LogP contribution in [0.3, 0.4) is 0 Å². The summed E-state index contributed by atoms with van der Waals surface area (Å²) < 4.78 is 32.7. The number of hydrogen-bond donors (Lipinski definition) is 5. The molecule has 0 saturated heterocycles. The zero-order chi connectivity index (χ0) is 48.4. The number of urea groups is 1. The Balaban J connectivity index is 1.28. The van der Waals surface area contributed by atoms with Crippen molar-refractivity contribution >= 4 is 35.8 Å². The molecule has 0 radical (unpaired) electrons. The fourth-order valence-corrected chi connectivity index (χ4v) is 6.37. The molecule has 2 unspecified atom stereocenters. The number of benzene rings is 3. The Kier molecular flexibility index (Phi) is 22.2. The van der Waals surface area contributed by atoms with Crippen molar-refractivity contribution in [1.29, 1.82) is 0 Å². The molecule has 4 rings (SSSR count). The molecule has 0 aliphatic heterocycles. The van der Waals surface area contributed by atoms with Crippen molar-refractivity contribution in [2.45, 2.75) is 103 Å². The van der Waals surface area contributed by atoms with Gasteiger partial charge in [-0.05, 0) is 91.6 Å². The first kappa shape index (κ1) is 52.2. The van der Waals surface area contributed by atoms with Crippen molar-refractivity contribution in [2.75, 3.05) is 27.9 Å². The lowest BCUT2D eigenvalue weighted by Crippen LogP contribution is -2.51. The number of hydrogen-bond acceptors (Lipinski definition) is 15. The van der Waals surface area contributed by atoms with E-state index < -0.39 is 53.8 Å². The van der Waals surface area contributed by atoms with Crippen molar-refractivity contribution in [3.8, 4) is 29.0 Å². The summed E-state index contributed by atoms with van der Waals surface area (Å²) in [5.41, 5.74) is 2.05. The van der Waals surface area contributed by atoms with Crippen LogP contribution in [0.5, 0.6) is 29.0 Å². The number of nitrogens with zero attached hydrogens (tertiary/aromatic N) is 1. The second-order valence-electron chi connectivity index (χ2n) is 15.2. The molecule has 362 valence electrons. The summed E-state index contributed by atoms with van der Waals surface area (Å²) in [6.07, 6.45) is 3.32. The number of carbonyl (C=O) groups is 6. The molecule has 1 aromatic heterocycles. The van der Waals surface area contributed by atoms with Gasteiger partial charge in [0.15, 0.2) is 0 Å². The lowest BCUT2D eigenvalue weighted by molar-refractivity contribution is -0.149. The number of amides is 3. The lowest BCUT2D eigenvalue weighted by Gasteiger charge is -2.21. The third kappa shape index (κ3) is 19.3. The molecular weight excluding hydrogens is 873 g/mol. The molecule has 5 N–H and O–H groups in total. The van der Waals surface area contributed by atoms with E-state index in [2.05, 4.69) is 16.0 Å². The van der Waals surface area contributed by atoms with Crippen LogP contribution in [-0.4, -0.2) is 90.7 Å². The Labute approximate surface area is 388 Å². The van der Waals surface area contributed by atoms with Gasteiger partial charge in [-0.2, -0.15) is 0 Å². The highest BCUT2D eigenvalue weighted by Gasteiger charge is 2.28. The van der Waals surface area contributed by atoms with Gasteiger partial charge in [0.1, 0.15) is 49.2 Å². The predicted octanol–water partition coefficient (Wildman–Crippen LogP) is 5.55. The maximum absolute atomic E-state index is 13.5. The monoisotopic (exact) mass is 932 g/mol. The first-order chi connectivity index (χ1) is 32.4. The molecule has 0 spiro atoms. The minimum absolute atomic E-state index is 0.0211. The van der Waals surface area contributed by atoms with E-state index in [1.54, 1.807) is 79.9 Å². The topological polar surface area (TPSA) is 249 Å². The average Bonchev–Trinajstić information content (AvgIpc) is 3.66. The standard InChI is InChI=1S/C48H60N4O15/c1-61-36-19-13-33(14-20-36)30-64-44(56)28-25-40(47(59)66-32-35-17-23-38(63-3)24-18-35)51-48(60)50-39(46(58)65-31-34-15-21-37(62-2)22-16-34)10-8-9-29-49-41(53)11-6-4-5-7-12-45(57)67-52-42(54)26-27-43(52)55/h13-24,26-27,39-40,54-55H,4-12,25,28-32H2,1-3H3,(H,49,53)(H2,50,51,60). The highest BCUT2D eigenvalue weighted by Crippen LogP contribution is 2.20. The fraction of sp³-hybridized carbons (Fsp3) is 0.417. The number of aromatic hydroxyl groups is 2. The minimum atomic E-state index is -1.31. The number of esters is 3. The van der Waals surface area contributed by atoms with Crippen molar-refractivity contribution < 1.29 is 72.2 Å². The Morgan fingerprint density at radius 3 is 1.43 bits per heavy atom. The number of carbonyl (C=O) groups excluding carboxylic acids is 6. The molecule has 3 amide bonds. The quantitative estimate of drug-likeness (QED) is 0.0254. The summed E-state index contributed by atoms with van der Waals surface area (Å²) >= 11 is 0. The maximum atomic E-state index is 13.5. The van der Waals surface area contributed by atoms with Crippen LogP contribution in [0.4, 0.5) is 4.79 Å². The molecule has 0 aliphatic carbocycles. The first-order valence-electron chi connectivity index (χ1n) is 21.9. The zero-order valence-electron chi connectivity index (χ0n) is 38.0. The van der Waals surface area contributed by atoms with Crippen LogP contribution in [-0.2, 0) is 58.0 Å². The van der Waals surface area contributed by atoms with Gasteiger partial charge in [0.25, 0.3) is 0 Å². The Morgan fingerprint density at radius 2 is 0.955 bits per heavy atom. The van der Waals surface area contributed by atoms with Gasteiger partial charge in [0, 0.05) is 37.9 Å². The van der Waals surface area contributed by atoms with Crippen LogP contribution in [0.1, 0.15) is 87.3 Å². The average molecular weight is 933 g/mol. The summed E-state index contributed by atoms with van der Waals surface area (Å²) in [5.74, 6) is -1.88. The van der Waals surface area contributed by atoms with Gasteiger partial charge in [-0.15, -0.1) is 4.73 Å². The van der Waals surface area contributed by atoms with Crippen molar-refractivity contribution in [1.82, 2.24) is 20.7 Å². The van der Waals surface area contributed by atoms with E-state index in [1.165, 1.54) is 26.4 Å². The highest BCUT2D eigenvalue weighted by atomic mass is 16.7. The SMILES string of the molecule is COc1ccc(COC(=O)CCC(NC(=O)NC(CCCCNC(=O)CCCCCCC(=O)On2c(O)ccc2O)C(=O)OCc2ccc(OC)cc2)C(=O)OCc2ccc(OC)cc2)cc1. The molecule has 1 heterocycles. The van der Waals surface area contributed by atoms with E-state index in [4.69, 9.17) is 33.3 Å². The first-order valence-corrected chi connectivity index (χ1v) is 21.9. The molecule has 67 heavy (non-hydrogen) atoms. The fourth-order valence-electron chi connectivity index (χ4n) is 6.37. The molecule has 19 nitrogen and oxygen atoms in total. The third-order valence-corrected chi connectivity index (χ3v) is 10.2. The van der Waals surface area contributed by atoms with Gasteiger partial charge in [-0.25, -0.2) is 19.2 Å². The summed E-state index contributed by atoms with van der Waals surface area (Å²) in [5, 5.41) is 27.2. The van der Waals surface area contributed by atoms with Crippen LogP contribution >= 0.6 is 0 Å². The summed E-state index contributed by atoms with van der Waals surface area (Å²) in [6.45, 7) is 0.0628. The molecule has 19 heteroatoms. The number of ether oxygens (including phenoxy) is 6. The molecule has 0 bridgehead atoms. The second kappa shape index (κ2) is 28.5. The normalized spacial score (nSPS) is 11.6. The maximum Gasteiger partial charge on any atom is 0.333 e. The summed E-state index contributed by atoms with van der Waals surface area (Å²) in [4.78, 5) is 82.7. The van der Waals surface area contributed by atoms with Gasteiger partial charge in [-0.3, -0.25) is 9.59 Å².